The summed E-state index contributed by atoms with van der Waals surface area (Å²) in [5.74, 6) is 1.89. The topological polar surface area (TPSA) is 18.5 Å². The van der Waals surface area contributed by atoms with Gasteiger partial charge in [0.15, 0.2) is 0 Å². The van der Waals surface area contributed by atoms with Gasteiger partial charge in [-0.25, -0.2) is 0 Å². The van der Waals surface area contributed by atoms with Crippen LogP contribution in [-0.4, -0.2) is 13.8 Å². The minimum Gasteiger partial charge on any atom is -0.147 e. The summed E-state index contributed by atoms with van der Waals surface area (Å²) in [6.45, 7) is 10.7. The first-order valence-corrected chi connectivity index (χ1v) is 14.9. The number of benzene rings is 1. The van der Waals surface area contributed by atoms with Crippen molar-refractivity contribution in [3.05, 3.63) is 45.9 Å². The van der Waals surface area contributed by atoms with E-state index >= 15 is 0 Å². The Bertz CT molecular complexity index is 595. The molecule has 0 atom stereocenters. The van der Waals surface area contributed by atoms with Crippen molar-refractivity contribution < 1.29 is 25.6 Å². The van der Waals surface area contributed by atoms with Crippen LogP contribution in [0.2, 0.25) is 13.1 Å². The molecule has 0 saturated heterocycles. The molecule has 0 amide bonds. The summed E-state index contributed by atoms with van der Waals surface area (Å²) < 4.78 is 13.6. The van der Waals surface area contributed by atoms with E-state index in [4.69, 9.17) is 8.06 Å². The molecule has 24 heavy (non-hydrogen) atoms. The fraction of sp³-hybridized carbons (Fsp3) is 0.444. The molecule has 2 nitrogen and oxygen atoms in total. The van der Waals surface area contributed by atoms with Crippen LogP contribution in [0.15, 0.2) is 40.3 Å². The maximum absolute atomic E-state index is 6.58. The Balaban J connectivity index is 0.00000264. The molecule has 0 spiro atoms. The van der Waals surface area contributed by atoms with Crippen molar-refractivity contribution in [3.63, 3.8) is 0 Å². The quantitative estimate of drug-likeness (QED) is 0.575. The molecule has 0 N–H and O–H groups in total. The van der Waals surface area contributed by atoms with Crippen molar-refractivity contribution in [2.24, 2.45) is 0 Å². The van der Waals surface area contributed by atoms with Gasteiger partial charge < -0.3 is 0 Å². The van der Waals surface area contributed by atoms with Crippen molar-refractivity contribution in [1.82, 2.24) is 0 Å². The first-order valence-electron chi connectivity index (χ1n) is 7.91. The van der Waals surface area contributed by atoms with E-state index in [2.05, 4.69) is 64.2 Å². The molecule has 0 unspecified atom stereocenters. The third-order valence-corrected chi connectivity index (χ3v) is 14.1. The predicted molar refractivity (Wildman–Crippen MR) is 108 cm³/mol. The number of allylic oxidation sites excluding steroid dienone is 4. The first kappa shape index (κ1) is 23.8. The number of halogens is 2. The maximum atomic E-state index is 6.58. The molecule has 1 aromatic rings. The van der Waals surface area contributed by atoms with E-state index < -0.39 is 24.2 Å². The molecule has 0 saturated carbocycles. The number of hydrogen-bond acceptors (Lipinski definition) is 2. The van der Waals surface area contributed by atoms with Gasteiger partial charge >= 0.3 is 142 Å². The van der Waals surface area contributed by atoms with E-state index in [1.165, 1.54) is 5.56 Å². The smallest absolute Gasteiger partial charge is 0.147 e. The molecule has 135 valence electrons. The van der Waals surface area contributed by atoms with Crippen molar-refractivity contribution in [2.45, 2.75) is 45.7 Å². The minimum absolute atomic E-state index is 0. The average molecular weight is 424 g/mol. The molecule has 1 aliphatic carbocycles. The zero-order valence-electron chi connectivity index (χ0n) is 15.4. The van der Waals surface area contributed by atoms with Crippen molar-refractivity contribution in [2.75, 3.05) is 7.11 Å². The van der Waals surface area contributed by atoms with Crippen LogP contribution in [0.25, 0.3) is 0 Å². The van der Waals surface area contributed by atoms with E-state index in [-0.39, 0.29) is 30.2 Å². The molecule has 0 radical (unpaired) electrons. The summed E-state index contributed by atoms with van der Waals surface area (Å²) in [5.41, 5.74) is 1.36. The Morgan fingerprint density at radius 1 is 1.04 bits per heavy atom. The van der Waals surface area contributed by atoms with Gasteiger partial charge in [0.05, 0.1) is 0 Å². The van der Waals surface area contributed by atoms with Crippen LogP contribution in [-0.2, 0) is 22.9 Å². The monoisotopic (exact) mass is 423 g/mol. The van der Waals surface area contributed by atoms with E-state index in [0.29, 0.717) is 0 Å². The van der Waals surface area contributed by atoms with Crippen LogP contribution in [0.3, 0.4) is 0 Å². The second kappa shape index (κ2) is 10.1. The minimum atomic E-state index is -1.62. The Morgan fingerprint density at radius 3 is 2.12 bits per heavy atom. The van der Waals surface area contributed by atoms with Gasteiger partial charge in [0, 0.05) is 0 Å². The van der Waals surface area contributed by atoms with E-state index in [1.807, 2.05) is 6.07 Å². The fourth-order valence-electron chi connectivity index (χ4n) is 2.49. The van der Waals surface area contributed by atoms with Gasteiger partial charge in [0.25, 0.3) is 0 Å². The molecule has 0 aliphatic heterocycles. The molecule has 0 bridgehead atoms. The van der Waals surface area contributed by atoms with Crippen LogP contribution in [0.4, 0.5) is 0 Å². The van der Waals surface area contributed by atoms with Gasteiger partial charge in [0.1, 0.15) is 0 Å². The summed E-state index contributed by atoms with van der Waals surface area (Å²) in [6, 6.07) is 6.37. The van der Waals surface area contributed by atoms with Gasteiger partial charge in [-0.05, 0) is 0 Å². The third-order valence-electron chi connectivity index (χ3n) is 3.82. The van der Waals surface area contributed by atoms with E-state index in [9.17, 15) is 0 Å². The second-order valence-electron chi connectivity index (χ2n) is 7.09. The fourth-order valence-corrected chi connectivity index (χ4v) is 11.2. The van der Waals surface area contributed by atoms with Gasteiger partial charge in [0.2, 0.25) is 0 Å². The summed E-state index contributed by atoms with van der Waals surface area (Å²) in [6.07, 6.45) is 7.80. The zero-order valence-corrected chi connectivity index (χ0v) is 19.7. The van der Waals surface area contributed by atoms with Gasteiger partial charge in [-0.1, -0.05) is 0 Å². The largest absolute Gasteiger partial charge is 0.147 e. The van der Waals surface area contributed by atoms with Crippen LogP contribution in [0.1, 0.15) is 32.8 Å². The molecule has 0 aromatic heterocycles. The van der Waals surface area contributed by atoms with Crippen LogP contribution in [0.5, 0.6) is 11.5 Å². The zero-order chi connectivity index (χ0) is 16.3. The first-order chi connectivity index (χ1) is 10.3. The molecule has 1 aliphatic rings. The molecule has 2 rings (SSSR count). The van der Waals surface area contributed by atoms with Crippen LogP contribution in [0, 0.1) is 0 Å². The average Bonchev–Trinajstić information content (AvgIpc) is 2.97. The number of ether oxygens (including phenoxy) is 1. The maximum Gasteiger partial charge on any atom is -0.147 e. The summed E-state index contributed by atoms with van der Waals surface area (Å²) >= 11 is -1.62. The van der Waals surface area contributed by atoms with Gasteiger partial charge in [-0.2, -0.15) is 0 Å². The molecule has 0 heterocycles. The molecule has 6 heteroatoms. The Kier molecular flexibility index (Phi) is 10.0. The SMILES string of the molecule is COc1cc([O][Ti]([C]2=CC=CC2)[SiH](C)C)cc(C(C)(C)C)c1.Cl.Cl. The molecule has 0 fully saturated rings. The van der Waals surface area contributed by atoms with Gasteiger partial charge in [-0.15, -0.1) is 24.8 Å². The predicted octanol–water partition coefficient (Wildman–Crippen LogP) is 5.58. The van der Waals surface area contributed by atoms with Crippen molar-refractivity contribution in [1.29, 1.82) is 0 Å². The molecular weight excluding hydrogens is 395 g/mol. The van der Waals surface area contributed by atoms with Crippen LogP contribution < -0.4 is 8.06 Å². The summed E-state index contributed by atoms with van der Waals surface area (Å²) in [5, 5.41) is 0. The standard InChI is InChI=1S/C11H16O2.C5H5.C2H7Si.2ClH.Ti/c1-11(2,3)8-5-9(12)7-10(6-8)13-4;1-2-4-5-3-1;1-3-2;;;/h5-7,12H,1-4H3;1-3H,4H2;3H,1-2H3;2*1H;/q;;;;;+1/p-1. The number of rotatable bonds is 5. The third kappa shape index (κ3) is 6.27. The Labute approximate surface area is 166 Å². The molecular formula is C18H29Cl2O2SiTi. The number of methoxy groups -OCH3 is 1. The molecule has 1 aromatic carbocycles. The van der Waals surface area contributed by atoms with E-state index in [1.54, 1.807) is 11.0 Å². The normalized spacial score (nSPS) is 13.0. The van der Waals surface area contributed by atoms with Crippen LogP contribution >= 0.6 is 24.8 Å². The second-order valence-corrected chi connectivity index (χ2v) is 19.4. The van der Waals surface area contributed by atoms with Gasteiger partial charge in [-0.3, -0.25) is 0 Å². The Hall–Kier alpha value is -0.189. The Morgan fingerprint density at radius 2 is 1.67 bits per heavy atom. The van der Waals surface area contributed by atoms with Crippen molar-refractivity contribution in [3.8, 4) is 11.5 Å². The number of hydrogen-bond donors (Lipinski definition) is 0. The summed E-state index contributed by atoms with van der Waals surface area (Å²) in [7, 11) is 1.73. The summed E-state index contributed by atoms with van der Waals surface area (Å²) in [4.78, 5) is 0. The van der Waals surface area contributed by atoms with Crippen molar-refractivity contribution >= 4 is 31.5 Å². The van der Waals surface area contributed by atoms with E-state index in [0.717, 1.165) is 17.9 Å².